The Kier molecular flexibility index (Phi) is 10.4. The Morgan fingerprint density at radius 2 is 1.29 bits per heavy atom. The highest BCUT2D eigenvalue weighted by Crippen LogP contribution is 2.69. The Hall–Kier alpha value is 0.531. The molecule has 0 aromatic rings. The average molecular weight is 623 g/mol. The van der Waals surface area contributed by atoms with Crippen molar-refractivity contribution in [2.75, 3.05) is 0 Å². The summed E-state index contributed by atoms with van der Waals surface area (Å²) < 4.78 is 20.4. The van der Waals surface area contributed by atoms with E-state index in [1.165, 1.54) is 70.6 Å². The molecule has 0 saturated heterocycles. The van der Waals surface area contributed by atoms with Gasteiger partial charge < -0.3 is 13.3 Å². The first-order valence-electron chi connectivity index (χ1n) is 17.8. The van der Waals surface area contributed by atoms with Crippen LogP contribution in [0, 0.1) is 46.3 Å². The van der Waals surface area contributed by atoms with Gasteiger partial charge in [-0.3, -0.25) is 0 Å². The van der Waals surface area contributed by atoms with Crippen molar-refractivity contribution < 1.29 is 13.3 Å². The van der Waals surface area contributed by atoms with Crippen molar-refractivity contribution in [2.45, 2.75) is 176 Å². The fraction of sp³-hybridized carbons (Fsp3) is 1.00. The summed E-state index contributed by atoms with van der Waals surface area (Å²) in [6.07, 6.45) is 16.2. The van der Waals surface area contributed by atoms with E-state index in [4.69, 9.17) is 13.3 Å². The number of hydrogen-bond acceptors (Lipinski definition) is 3. The van der Waals surface area contributed by atoms with Crippen molar-refractivity contribution in [1.82, 2.24) is 0 Å². The SMILES string of the molecule is CC(CCCC(C)[C@H]1CCC2C3C(CC[C@@]21C)[C@@]1(C)CC[C@@H](O[Si](C)(C)C)CC1C[C@H]3O[Si](C)(C)C)O[Si](C)(C)C. The summed E-state index contributed by atoms with van der Waals surface area (Å²) in [6, 6.07) is 0. The molecule has 0 aromatic heterocycles. The smallest absolute Gasteiger partial charge is 0.184 e. The van der Waals surface area contributed by atoms with E-state index < -0.39 is 25.0 Å². The monoisotopic (exact) mass is 622 g/mol. The van der Waals surface area contributed by atoms with E-state index in [2.05, 4.69) is 86.6 Å². The molecule has 0 radical (unpaired) electrons. The third-order valence-electron chi connectivity index (χ3n) is 12.2. The minimum absolute atomic E-state index is 0.415. The second-order valence-electron chi connectivity index (χ2n) is 18.8. The maximum absolute atomic E-state index is 7.25. The summed E-state index contributed by atoms with van der Waals surface area (Å²) in [5, 5.41) is 0. The van der Waals surface area contributed by atoms with Crippen molar-refractivity contribution in [3.05, 3.63) is 0 Å². The fourth-order valence-electron chi connectivity index (χ4n) is 10.9. The van der Waals surface area contributed by atoms with E-state index in [0.717, 1.165) is 35.5 Å². The molecule has 4 aliphatic rings. The van der Waals surface area contributed by atoms with Gasteiger partial charge in [-0.2, -0.15) is 0 Å². The average Bonchev–Trinajstić information content (AvgIpc) is 3.14. The molecule has 6 heteroatoms. The molecule has 11 atom stereocenters. The van der Waals surface area contributed by atoms with E-state index in [1.54, 1.807) is 0 Å². The van der Waals surface area contributed by atoms with Gasteiger partial charge in [-0.1, -0.05) is 33.6 Å². The lowest BCUT2D eigenvalue weighted by atomic mass is 9.43. The molecule has 41 heavy (non-hydrogen) atoms. The summed E-state index contributed by atoms with van der Waals surface area (Å²) >= 11 is 0. The van der Waals surface area contributed by atoms with E-state index in [9.17, 15) is 0 Å². The van der Waals surface area contributed by atoms with Gasteiger partial charge in [0, 0.05) is 18.3 Å². The predicted molar refractivity (Wildman–Crippen MR) is 184 cm³/mol. The predicted octanol–water partition coefficient (Wildman–Crippen LogP) is 10.7. The lowest BCUT2D eigenvalue weighted by molar-refractivity contribution is -0.168. The second kappa shape index (κ2) is 12.4. The van der Waals surface area contributed by atoms with Crippen LogP contribution in [-0.4, -0.2) is 43.3 Å². The van der Waals surface area contributed by atoms with Gasteiger partial charge in [0.05, 0.1) is 0 Å². The first-order valence-corrected chi connectivity index (χ1v) is 28.0. The van der Waals surface area contributed by atoms with Gasteiger partial charge in [0.25, 0.3) is 0 Å². The molecule has 240 valence electrons. The van der Waals surface area contributed by atoms with Crippen LogP contribution in [0.25, 0.3) is 0 Å². The van der Waals surface area contributed by atoms with Gasteiger partial charge in [0.1, 0.15) is 0 Å². The van der Waals surface area contributed by atoms with Crippen LogP contribution in [-0.2, 0) is 13.3 Å². The Morgan fingerprint density at radius 1 is 0.683 bits per heavy atom. The molecule has 0 N–H and O–H groups in total. The Morgan fingerprint density at radius 3 is 1.90 bits per heavy atom. The lowest BCUT2D eigenvalue weighted by Gasteiger charge is -2.64. The number of rotatable bonds is 11. The largest absolute Gasteiger partial charge is 0.415 e. The third kappa shape index (κ3) is 8.04. The Balaban J connectivity index is 1.50. The van der Waals surface area contributed by atoms with E-state index in [1.807, 2.05) is 0 Å². The van der Waals surface area contributed by atoms with E-state index in [-0.39, 0.29) is 0 Å². The molecule has 0 aliphatic heterocycles. The summed E-state index contributed by atoms with van der Waals surface area (Å²) in [5.41, 5.74) is 0.963. The molecule has 4 aliphatic carbocycles. The topological polar surface area (TPSA) is 27.7 Å². The number of fused-ring (bicyclic) bond motifs is 5. The maximum Gasteiger partial charge on any atom is 0.184 e. The zero-order valence-electron chi connectivity index (χ0n) is 29.7. The minimum atomic E-state index is -1.64. The number of hydrogen-bond donors (Lipinski definition) is 0. The first-order chi connectivity index (χ1) is 18.7. The van der Waals surface area contributed by atoms with Crippen molar-refractivity contribution in [1.29, 1.82) is 0 Å². The van der Waals surface area contributed by atoms with Crippen LogP contribution in [0.3, 0.4) is 0 Å². The molecular weight excluding hydrogens is 553 g/mol. The summed E-state index contributed by atoms with van der Waals surface area (Å²) in [6.45, 7) is 31.7. The van der Waals surface area contributed by atoms with Crippen molar-refractivity contribution >= 4 is 25.0 Å². The Bertz CT molecular complexity index is 875. The highest BCUT2D eigenvalue weighted by Gasteiger charge is 2.63. The molecule has 4 saturated carbocycles. The molecular formula is C35H70O3Si3. The van der Waals surface area contributed by atoms with Crippen LogP contribution in [0.2, 0.25) is 58.9 Å². The lowest BCUT2D eigenvalue weighted by Crippen LogP contribution is -2.60. The molecule has 3 nitrogen and oxygen atoms in total. The van der Waals surface area contributed by atoms with Crippen LogP contribution in [0.1, 0.15) is 98.3 Å². The first kappa shape index (κ1) is 34.4. The van der Waals surface area contributed by atoms with Crippen LogP contribution < -0.4 is 0 Å². The molecule has 0 amide bonds. The second-order valence-corrected chi connectivity index (χ2v) is 32.2. The van der Waals surface area contributed by atoms with Gasteiger partial charge in [0.2, 0.25) is 0 Å². The van der Waals surface area contributed by atoms with Gasteiger partial charge in [0.15, 0.2) is 25.0 Å². The quantitative estimate of drug-likeness (QED) is 0.215. The zero-order valence-corrected chi connectivity index (χ0v) is 32.7. The zero-order chi connectivity index (χ0) is 30.6. The molecule has 0 aromatic carbocycles. The van der Waals surface area contributed by atoms with Crippen LogP contribution in [0.15, 0.2) is 0 Å². The minimum Gasteiger partial charge on any atom is -0.415 e. The van der Waals surface area contributed by atoms with E-state index in [0.29, 0.717) is 29.1 Å². The summed E-state index contributed by atoms with van der Waals surface area (Å²) in [4.78, 5) is 0. The third-order valence-corrected chi connectivity index (χ3v) is 15.4. The van der Waals surface area contributed by atoms with Gasteiger partial charge >= 0.3 is 0 Å². The normalized spacial score (nSPS) is 41.3. The van der Waals surface area contributed by atoms with Crippen LogP contribution in [0.5, 0.6) is 0 Å². The van der Waals surface area contributed by atoms with Gasteiger partial charge in [-0.25, -0.2) is 0 Å². The highest BCUT2D eigenvalue weighted by molar-refractivity contribution is 6.70. The molecule has 6 unspecified atom stereocenters. The fourth-order valence-corrected chi connectivity index (χ4v) is 14.6. The molecule has 4 fully saturated rings. The molecule has 0 spiro atoms. The van der Waals surface area contributed by atoms with Crippen LogP contribution in [0.4, 0.5) is 0 Å². The summed E-state index contributed by atoms with van der Waals surface area (Å²) in [7, 11) is -4.61. The highest BCUT2D eigenvalue weighted by atomic mass is 28.4. The van der Waals surface area contributed by atoms with Crippen molar-refractivity contribution in [3.63, 3.8) is 0 Å². The van der Waals surface area contributed by atoms with E-state index >= 15 is 0 Å². The van der Waals surface area contributed by atoms with Crippen molar-refractivity contribution in [2.24, 2.45) is 46.3 Å². The van der Waals surface area contributed by atoms with Gasteiger partial charge in [-0.15, -0.1) is 0 Å². The molecule has 0 bridgehead atoms. The standard InChI is InChI=1S/C35H70O3Si3/c1-25(15-14-16-26(2)36-39(5,6)7)29-17-18-30-33-31(20-22-35(29,30)4)34(3)21-19-28(37-40(8,9)10)23-27(34)24-32(33)38-41(11,12)13/h25-33H,14-24H2,1-13H3/t25?,26?,27?,28-,29-,30?,31?,32-,33?,34+,35-/m1/s1. The Labute approximate surface area is 259 Å². The molecule has 4 rings (SSSR count). The van der Waals surface area contributed by atoms with Crippen molar-refractivity contribution in [3.8, 4) is 0 Å². The summed E-state index contributed by atoms with van der Waals surface area (Å²) in [5.74, 6) is 4.90. The maximum atomic E-state index is 7.25. The van der Waals surface area contributed by atoms with Crippen LogP contribution >= 0.6 is 0 Å². The molecule has 0 heterocycles. The van der Waals surface area contributed by atoms with Gasteiger partial charge in [-0.05, 0) is 170 Å².